The van der Waals surface area contributed by atoms with Crippen LogP contribution in [0.5, 0.6) is 0 Å². The zero-order valence-corrected chi connectivity index (χ0v) is 21.3. The average Bonchev–Trinajstić information content (AvgIpc) is 3.06. The molecule has 1 unspecified atom stereocenters. The van der Waals surface area contributed by atoms with Crippen LogP contribution in [-0.4, -0.2) is 84.0 Å². The zero-order chi connectivity index (χ0) is 24.5. The fourth-order valence-electron chi connectivity index (χ4n) is 4.89. The minimum absolute atomic E-state index is 0.0567. The number of carbonyl (C=O) groups excluding carboxylic acids is 3. The van der Waals surface area contributed by atoms with Crippen LogP contribution in [-0.2, 0) is 14.4 Å². The lowest BCUT2D eigenvalue weighted by atomic mass is 9.77. The molecule has 0 radical (unpaired) electrons. The Morgan fingerprint density at radius 3 is 2.56 bits per heavy atom. The number of hydrogen-bond acceptors (Lipinski definition) is 7. The van der Waals surface area contributed by atoms with Gasteiger partial charge < -0.3 is 5.11 Å². The minimum Gasteiger partial charge on any atom is -0.511 e. The number of amides is 2. The average molecular weight is 531 g/mol. The summed E-state index contributed by atoms with van der Waals surface area (Å²) in [5.41, 5.74) is 0.728. The molecule has 4 rings (SSSR count). The van der Waals surface area contributed by atoms with Gasteiger partial charge in [-0.05, 0) is 23.6 Å². The van der Waals surface area contributed by atoms with E-state index in [9.17, 15) is 19.5 Å². The number of benzene rings is 1. The predicted molar refractivity (Wildman–Crippen MR) is 134 cm³/mol. The van der Waals surface area contributed by atoms with Gasteiger partial charge in [0, 0.05) is 56.3 Å². The molecule has 3 aliphatic rings. The Morgan fingerprint density at radius 2 is 1.88 bits per heavy atom. The Kier molecular flexibility index (Phi) is 7.35. The highest BCUT2D eigenvalue weighted by Gasteiger charge is 2.43. The standard InChI is InChI=1S/C25H31BrN4O4/c1-25(2)14-21(31)19(22(32)15-25)16-27-6-7-28-8-10-29(11-9-28)20-13-23(33)30(24(20)34)18-5-3-4-17(26)12-18/h3-5,12,16,20,31H,6-11,13-15H2,1-2H3. The van der Waals surface area contributed by atoms with Crippen LogP contribution in [0.2, 0.25) is 0 Å². The van der Waals surface area contributed by atoms with Gasteiger partial charge in [0.25, 0.3) is 5.91 Å². The molecule has 182 valence electrons. The maximum atomic E-state index is 13.0. The van der Waals surface area contributed by atoms with Crippen LogP contribution < -0.4 is 4.90 Å². The van der Waals surface area contributed by atoms with Crippen molar-refractivity contribution in [3.8, 4) is 0 Å². The number of carbonyl (C=O) groups is 3. The van der Waals surface area contributed by atoms with Gasteiger partial charge in [0.2, 0.25) is 5.91 Å². The highest BCUT2D eigenvalue weighted by molar-refractivity contribution is 9.10. The topological polar surface area (TPSA) is 93.5 Å². The fraction of sp³-hybridized carbons (Fsp3) is 0.520. The Hall–Kier alpha value is -2.36. The van der Waals surface area contributed by atoms with Gasteiger partial charge in [0.1, 0.15) is 5.76 Å². The van der Waals surface area contributed by atoms with Crippen LogP contribution in [0.4, 0.5) is 5.69 Å². The lowest BCUT2D eigenvalue weighted by Crippen LogP contribution is -2.52. The van der Waals surface area contributed by atoms with Crippen LogP contribution in [0.25, 0.3) is 0 Å². The predicted octanol–water partition coefficient (Wildman–Crippen LogP) is 2.97. The first-order chi connectivity index (χ1) is 16.1. The summed E-state index contributed by atoms with van der Waals surface area (Å²) >= 11 is 3.40. The highest BCUT2D eigenvalue weighted by atomic mass is 79.9. The van der Waals surface area contributed by atoms with Crippen molar-refractivity contribution in [3.63, 3.8) is 0 Å². The molecular formula is C25H31BrN4O4. The SMILES string of the molecule is CC1(C)CC(=O)C(C=NCCN2CCN(C3CC(=O)N(c4cccc(Br)c4)C3=O)CC2)=C(O)C1. The molecule has 0 spiro atoms. The maximum absolute atomic E-state index is 13.0. The van der Waals surface area contributed by atoms with Crippen molar-refractivity contribution in [3.05, 3.63) is 40.1 Å². The van der Waals surface area contributed by atoms with E-state index in [2.05, 4.69) is 30.7 Å². The number of hydrogen-bond donors (Lipinski definition) is 1. The Morgan fingerprint density at radius 1 is 1.15 bits per heavy atom. The summed E-state index contributed by atoms with van der Waals surface area (Å²) in [4.78, 5) is 47.9. The normalized spacial score (nSPS) is 24.6. The number of anilines is 1. The summed E-state index contributed by atoms with van der Waals surface area (Å²) in [7, 11) is 0. The van der Waals surface area contributed by atoms with E-state index < -0.39 is 6.04 Å². The van der Waals surface area contributed by atoms with E-state index in [0.29, 0.717) is 43.7 Å². The van der Waals surface area contributed by atoms with Crippen molar-refractivity contribution in [1.82, 2.24) is 9.80 Å². The van der Waals surface area contributed by atoms with Gasteiger partial charge in [-0.15, -0.1) is 0 Å². The largest absolute Gasteiger partial charge is 0.511 e. The van der Waals surface area contributed by atoms with Crippen LogP contribution in [0, 0.1) is 5.41 Å². The zero-order valence-electron chi connectivity index (χ0n) is 19.7. The number of rotatable bonds is 6. The summed E-state index contributed by atoms with van der Waals surface area (Å²) in [5.74, 6) is -0.247. The van der Waals surface area contributed by atoms with E-state index in [-0.39, 0.29) is 35.2 Å². The summed E-state index contributed by atoms with van der Waals surface area (Å²) in [6.45, 7) is 8.20. The number of aliphatic imine (C=N–C) groups is 1. The summed E-state index contributed by atoms with van der Waals surface area (Å²) in [6.07, 6.45) is 2.63. The molecule has 1 N–H and O–H groups in total. The van der Waals surface area contributed by atoms with E-state index in [1.165, 1.54) is 11.1 Å². The molecule has 0 aromatic heterocycles. The maximum Gasteiger partial charge on any atom is 0.251 e. The Labute approximate surface area is 208 Å². The summed E-state index contributed by atoms with van der Waals surface area (Å²) in [5, 5.41) is 10.2. The molecule has 2 aliphatic heterocycles. The first-order valence-corrected chi connectivity index (χ1v) is 12.5. The molecule has 34 heavy (non-hydrogen) atoms. The number of ketones is 1. The Balaban J connectivity index is 1.26. The third kappa shape index (κ3) is 5.47. The van der Waals surface area contributed by atoms with Crippen molar-refractivity contribution < 1.29 is 19.5 Å². The molecule has 1 aromatic rings. The third-order valence-corrected chi connectivity index (χ3v) is 7.19. The van der Waals surface area contributed by atoms with Gasteiger partial charge in [-0.2, -0.15) is 0 Å². The van der Waals surface area contributed by atoms with E-state index in [1.54, 1.807) is 12.1 Å². The smallest absolute Gasteiger partial charge is 0.251 e. The van der Waals surface area contributed by atoms with Crippen LogP contribution >= 0.6 is 15.9 Å². The van der Waals surface area contributed by atoms with Crippen LogP contribution in [0.15, 0.2) is 45.1 Å². The van der Waals surface area contributed by atoms with Crippen molar-refractivity contribution in [2.75, 3.05) is 44.2 Å². The van der Waals surface area contributed by atoms with E-state index in [4.69, 9.17) is 0 Å². The molecule has 1 aliphatic carbocycles. The van der Waals surface area contributed by atoms with Gasteiger partial charge >= 0.3 is 0 Å². The van der Waals surface area contributed by atoms with E-state index >= 15 is 0 Å². The summed E-state index contributed by atoms with van der Waals surface area (Å²) < 4.78 is 0.827. The third-order valence-electron chi connectivity index (χ3n) is 6.70. The second-order valence-corrected chi connectivity index (χ2v) is 10.9. The second kappa shape index (κ2) is 10.1. The molecule has 1 atom stereocenters. The van der Waals surface area contributed by atoms with Crippen LogP contribution in [0.1, 0.15) is 33.1 Å². The molecular weight excluding hydrogens is 500 g/mol. The summed E-state index contributed by atoms with van der Waals surface area (Å²) in [6, 6.07) is 6.83. The molecule has 2 saturated heterocycles. The number of halogens is 1. The van der Waals surface area contributed by atoms with Gasteiger partial charge in [0.05, 0.1) is 30.3 Å². The molecule has 8 nitrogen and oxygen atoms in total. The van der Waals surface area contributed by atoms with Crippen LogP contribution in [0.3, 0.4) is 0 Å². The molecule has 9 heteroatoms. The first kappa shape index (κ1) is 24.8. The number of Topliss-reactive ketones (excluding diaryl/α,β-unsaturated/α-hetero) is 1. The monoisotopic (exact) mass is 530 g/mol. The van der Waals surface area contributed by atoms with E-state index in [0.717, 1.165) is 24.1 Å². The molecule has 2 fully saturated rings. The molecule has 0 bridgehead atoms. The van der Waals surface area contributed by atoms with Crippen molar-refractivity contribution >= 4 is 45.4 Å². The molecule has 2 heterocycles. The number of imide groups is 1. The highest BCUT2D eigenvalue weighted by Crippen LogP contribution is 2.35. The fourth-order valence-corrected chi connectivity index (χ4v) is 5.28. The lowest BCUT2D eigenvalue weighted by Gasteiger charge is -2.36. The quantitative estimate of drug-likeness (QED) is 0.448. The van der Waals surface area contributed by atoms with Crippen molar-refractivity contribution in [2.45, 2.75) is 39.2 Å². The van der Waals surface area contributed by atoms with E-state index in [1.807, 2.05) is 26.0 Å². The lowest BCUT2D eigenvalue weighted by molar-refractivity contribution is -0.123. The van der Waals surface area contributed by atoms with Gasteiger partial charge in [-0.3, -0.25) is 29.2 Å². The molecule has 1 aromatic carbocycles. The van der Waals surface area contributed by atoms with Gasteiger partial charge in [0.15, 0.2) is 5.78 Å². The number of allylic oxidation sites excluding steroid dienone is 2. The molecule has 2 amide bonds. The van der Waals surface area contributed by atoms with Crippen molar-refractivity contribution in [2.24, 2.45) is 10.4 Å². The first-order valence-electron chi connectivity index (χ1n) is 11.7. The minimum atomic E-state index is -0.414. The number of aliphatic hydroxyl groups excluding tert-OH is 1. The number of aliphatic hydroxyl groups is 1. The van der Waals surface area contributed by atoms with Gasteiger partial charge in [-0.1, -0.05) is 35.8 Å². The molecule has 0 saturated carbocycles. The van der Waals surface area contributed by atoms with Gasteiger partial charge in [-0.25, -0.2) is 4.90 Å². The number of nitrogens with zero attached hydrogens (tertiary/aromatic N) is 4. The second-order valence-electron chi connectivity index (χ2n) is 9.98. The van der Waals surface area contributed by atoms with Crippen molar-refractivity contribution in [1.29, 1.82) is 0 Å². The number of piperazine rings is 1. The Bertz CT molecular complexity index is 1040.